The predicted molar refractivity (Wildman–Crippen MR) is 183 cm³/mol. The van der Waals surface area contributed by atoms with E-state index >= 15 is 0 Å². The molecule has 2 aromatic rings. The van der Waals surface area contributed by atoms with Crippen LogP contribution in [0, 0.1) is 11.7 Å². The van der Waals surface area contributed by atoms with E-state index in [0.29, 0.717) is 54.8 Å². The SMILES string of the molecule is O=C1N[C@]2(C(=O)NS(=O)(=O)C3CC3)C[C@H]2/C=C\CCCCC[C@H](NCc2ccc(CO)o2)C(=O)N2C[C@H](OC(=O)N3Cc4cccc(F)c4C3)C[C@@H]12. The molecule has 5 aliphatic rings. The molecule has 1 aromatic carbocycles. The maximum absolute atomic E-state index is 14.4. The second-order valence-corrected chi connectivity index (χ2v) is 16.4. The van der Waals surface area contributed by atoms with Crippen LogP contribution in [0.25, 0.3) is 0 Å². The van der Waals surface area contributed by atoms with E-state index in [1.807, 2.05) is 12.2 Å². The molecule has 52 heavy (non-hydrogen) atoms. The van der Waals surface area contributed by atoms with Crippen molar-refractivity contribution in [1.29, 1.82) is 0 Å². The van der Waals surface area contributed by atoms with Crippen molar-refractivity contribution in [1.82, 2.24) is 25.2 Å². The average molecular weight is 742 g/mol. The van der Waals surface area contributed by atoms with Crippen LogP contribution in [0.5, 0.6) is 0 Å². The summed E-state index contributed by atoms with van der Waals surface area (Å²) in [4.78, 5) is 58.3. The molecule has 4 N–H and O–H groups in total. The van der Waals surface area contributed by atoms with Gasteiger partial charge in [-0.05, 0) is 62.3 Å². The molecule has 1 aromatic heterocycles. The minimum atomic E-state index is -3.90. The number of rotatable bonds is 8. The number of sulfonamides is 1. The molecule has 0 unspecified atom stereocenters. The number of carbonyl (C=O) groups is 4. The van der Waals surface area contributed by atoms with Gasteiger partial charge in [-0.3, -0.25) is 29.3 Å². The van der Waals surface area contributed by atoms with E-state index in [-0.39, 0.29) is 45.6 Å². The molecule has 0 radical (unpaired) electrons. The molecule has 5 atom stereocenters. The van der Waals surface area contributed by atoms with Gasteiger partial charge in [-0.1, -0.05) is 37.1 Å². The fraction of sp³-hybridized carbons (Fsp3) is 0.556. The molecular formula is C36H44FN5O9S. The topological polar surface area (TPSA) is 188 Å². The molecule has 2 saturated carbocycles. The van der Waals surface area contributed by atoms with E-state index in [1.165, 1.54) is 15.9 Å². The molecule has 2 aliphatic carbocycles. The molecule has 16 heteroatoms. The van der Waals surface area contributed by atoms with Crippen LogP contribution in [0.4, 0.5) is 9.18 Å². The van der Waals surface area contributed by atoms with Gasteiger partial charge in [0, 0.05) is 24.4 Å². The number of aliphatic hydroxyl groups is 1. The van der Waals surface area contributed by atoms with Crippen LogP contribution in [0.2, 0.25) is 0 Å². The van der Waals surface area contributed by atoms with E-state index in [2.05, 4.69) is 15.4 Å². The number of ether oxygens (including phenoxy) is 1. The van der Waals surface area contributed by atoms with Gasteiger partial charge in [0.15, 0.2) is 0 Å². The van der Waals surface area contributed by atoms with Crippen molar-refractivity contribution in [2.45, 2.75) is 113 Å². The summed E-state index contributed by atoms with van der Waals surface area (Å²) in [5, 5.41) is 14.9. The highest BCUT2D eigenvalue weighted by Gasteiger charge is 2.62. The summed E-state index contributed by atoms with van der Waals surface area (Å²) < 4.78 is 53.6. The number of aliphatic hydroxyl groups excluding tert-OH is 1. The van der Waals surface area contributed by atoms with Gasteiger partial charge in [0.25, 0.3) is 5.91 Å². The quantitative estimate of drug-likeness (QED) is 0.293. The van der Waals surface area contributed by atoms with Crippen LogP contribution < -0.4 is 15.4 Å². The third kappa shape index (κ3) is 7.60. The number of hydrogen-bond donors (Lipinski definition) is 4. The van der Waals surface area contributed by atoms with Gasteiger partial charge in [-0.15, -0.1) is 0 Å². The smallest absolute Gasteiger partial charge is 0.410 e. The number of furan rings is 1. The van der Waals surface area contributed by atoms with Crippen LogP contribution in [0.15, 0.2) is 46.9 Å². The van der Waals surface area contributed by atoms with Crippen molar-refractivity contribution in [3.05, 3.63) is 70.9 Å². The summed E-state index contributed by atoms with van der Waals surface area (Å²) >= 11 is 0. The maximum Gasteiger partial charge on any atom is 0.410 e. The van der Waals surface area contributed by atoms with Gasteiger partial charge < -0.3 is 24.5 Å². The number of allylic oxidation sites excluding steroid dienone is 1. The van der Waals surface area contributed by atoms with E-state index in [9.17, 15) is 37.1 Å². The van der Waals surface area contributed by atoms with E-state index in [4.69, 9.17) is 9.15 Å². The van der Waals surface area contributed by atoms with Crippen molar-refractivity contribution in [2.24, 2.45) is 5.92 Å². The number of nitrogens with zero attached hydrogens (tertiary/aromatic N) is 2. The third-order valence-electron chi connectivity index (χ3n) is 10.7. The molecular weight excluding hydrogens is 697 g/mol. The van der Waals surface area contributed by atoms with Gasteiger partial charge in [-0.2, -0.15) is 0 Å². The Labute approximate surface area is 301 Å². The molecule has 3 aliphatic heterocycles. The molecule has 0 spiro atoms. The molecule has 1 saturated heterocycles. The molecule has 4 heterocycles. The molecule has 14 nitrogen and oxygen atoms in total. The summed E-state index contributed by atoms with van der Waals surface area (Å²) in [5.74, 6) is -1.85. The third-order valence-corrected chi connectivity index (χ3v) is 12.5. The zero-order valence-corrected chi connectivity index (χ0v) is 29.5. The predicted octanol–water partition coefficient (Wildman–Crippen LogP) is 2.49. The maximum atomic E-state index is 14.4. The number of carbonyl (C=O) groups excluding carboxylic acids is 4. The number of benzene rings is 1. The number of nitrogens with one attached hydrogen (secondary N) is 3. The summed E-state index contributed by atoms with van der Waals surface area (Å²) in [6, 6.07) is 6.09. The zero-order chi connectivity index (χ0) is 36.6. The van der Waals surface area contributed by atoms with Crippen molar-refractivity contribution >= 4 is 33.8 Å². The molecule has 3 fully saturated rings. The summed E-state index contributed by atoms with van der Waals surface area (Å²) in [6.45, 7) is -0.0307. The Kier molecular flexibility index (Phi) is 10.2. The molecule has 7 rings (SSSR count). The first-order valence-corrected chi connectivity index (χ1v) is 19.5. The van der Waals surface area contributed by atoms with Gasteiger partial charge in [0.2, 0.25) is 21.8 Å². The minimum absolute atomic E-state index is 0.0210. The van der Waals surface area contributed by atoms with Crippen LogP contribution in [-0.4, -0.2) is 82.7 Å². The first-order valence-electron chi connectivity index (χ1n) is 18.0. The molecule has 0 bridgehead atoms. The Hall–Kier alpha value is -4.28. The average Bonchev–Trinajstić information content (AvgIpc) is 3.91. The zero-order valence-electron chi connectivity index (χ0n) is 28.7. The minimum Gasteiger partial charge on any atom is -0.462 e. The largest absolute Gasteiger partial charge is 0.462 e. The number of fused-ring (bicyclic) bond motifs is 3. The second kappa shape index (κ2) is 14.6. The van der Waals surface area contributed by atoms with E-state index in [1.54, 1.807) is 24.3 Å². The van der Waals surface area contributed by atoms with Crippen LogP contribution in [0.3, 0.4) is 0 Å². The van der Waals surface area contributed by atoms with Crippen molar-refractivity contribution in [2.75, 3.05) is 6.54 Å². The lowest BCUT2D eigenvalue weighted by Gasteiger charge is -2.30. The lowest BCUT2D eigenvalue weighted by Crippen LogP contribution is -2.58. The fourth-order valence-electron chi connectivity index (χ4n) is 7.46. The Bertz CT molecular complexity index is 1860. The van der Waals surface area contributed by atoms with Crippen LogP contribution >= 0.6 is 0 Å². The molecule has 4 amide bonds. The Balaban J connectivity index is 1.13. The van der Waals surface area contributed by atoms with Gasteiger partial charge in [-0.25, -0.2) is 17.6 Å². The Morgan fingerprint density at radius 3 is 2.63 bits per heavy atom. The van der Waals surface area contributed by atoms with Gasteiger partial charge in [0.05, 0.1) is 30.9 Å². The van der Waals surface area contributed by atoms with Crippen molar-refractivity contribution in [3.8, 4) is 0 Å². The van der Waals surface area contributed by atoms with E-state index < -0.39 is 74.5 Å². The summed E-state index contributed by atoms with van der Waals surface area (Å²) in [5.41, 5.74) is -0.446. The monoisotopic (exact) mass is 741 g/mol. The van der Waals surface area contributed by atoms with Gasteiger partial charge in [0.1, 0.15) is 41.6 Å². The first-order chi connectivity index (χ1) is 25.0. The van der Waals surface area contributed by atoms with Gasteiger partial charge >= 0.3 is 6.09 Å². The normalized spacial score (nSPS) is 28.5. The summed E-state index contributed by atoms with van der Waals surface area (Å²) in [6.07, 6.45) is 6.69. The standard InChI is InChI=1S/C36H44FN5O9S/c37-29-9-6-7-22-18-41(20-28(22)29)35(47)51-26-15-31-32(44)39-36(34(46)40-52(48,49)27-13-14-27)16-23(36)8-4-2-1-3-5-10-30(33(45)42(31)19-26)38-17-24-11-12-25(21-43)50-24/h4,6-9,11-12,23,26-27,30-31,38,43H,1-3,5,10,13-21H2,(H,39,44)(H,40,46)/b8-4-/t23-,26-,30+,31+,36-/m1/s1. The number of amides is 4. The Morgan fingerprint density at radius 1 is 1.08 bits per heavy atom. The Morgan fingerprint density at radius 2 is 1.88 bits per heavy atom. The fourth-order valence-corrected chi connectivity index (χ4v) is 8.82. The highest BCUT2D eigenvalue weighted by atomic mass is 32.2. The van der Waals surface area contributed by atoms with E-state index in [0.717, 1.165) is 12.8 Å². The van der Waals surface area contributed by atoms with Crippen molar-refractivity contribution < 1.29 is 46.2 Å². The van der Waals surface area contributed by atoms with Crippen LogP contribution in [-0.2, 0) is 55.4 Å². The number of halogens is 1. The second-order valence-electron chi connectivity index (χ2n) is 14.5. The highest BCUT2D eigenvalue weighted by molar-refractivity contribution is 7.91. The lowest BCUT2D eigenvalue weighted by molar-refractivity contribution is -0.141. The summed E-state index contributed by atoms with van der Waals surface area (Å²) in [7, 11) is -3.90. The van der Waals surface area contributed by atoms with Crippen LogP contribution in [0.1, 0.15) is 80.4 Å². The number of hydrogen-bond acceptors (Lipinski definition) is 10. The van der Waals surface area contributed by atoms with Crippen molar-refractivity contribution in [3.63, 3.8) is 0 Å². The first kappa shape index (κ1) is 36.1. The highest BCUT2D eigenvalue weighted by Crippen LogP contribution is 2.46. The molecule has 280 valence electrons. The lowest BCUT2D eigenvalue weighted by atomic mass is 10.0.